The van der Waals surface area contributed by atoms with Crippen LogP contribution in [0.15, 0.2) is 24.3 Å². The predicted octanol–water partition coefficient (Wildman–Crippen LogP) is 4.68. The highest BCUT2D eigenvalue weighted by Crippen LogP contribution is 2.44. The highest BCUT2D eigenvalue weighted by Gasteiger charge is 2.16. The largest absolute Gasteiger partial charge is 0.496 e. The van der Waals surface area contributed by atoms with E-state index in [0.29, 0.717) is 0 Å². The van der Waals surface area contributed by atoms with E-state index in [2.05, 4.69) is 67.4 Å². The van der Waals surface area contributed by atoms with Gasteiger partial charge in [-0.1, -0.05) is 0 Å². The normalized spacial score (nSPS) is 10.9. The van der Waals surface area contributed by atoms with E-state index >= 15 is 0 Å². The fourth-order valence-electron chi connectivity index (χ4n) is 2.87. The van der Waals surface area contributed by atoms with Crippen LogP contribution in [0.2, 0.25) is 0 Å². The zero-order valence-electron chi connectivity index (χ0n) is 14.0. The maximum atomic E-state index is 5.46. The molecule has 0 amide bonds. The van der Waals surface area contributed by atoms with E-state index in [1.807, 2.05) is 0 Å². The van der Waals surface area contributed by atoms with Crippen molar-refractivity contribution in [3.63, 3.8) is 0 Å². The Hall–Kier alpha value is -1.05. The Bertz CT molecular complexity index is 592. The summed E-state index contributed by atoms with van der Waals surface area (Å²) in [6, 6.07) is 8.84. The maximum Gasteiger partial charge on any atom is 0.124 e. The molecular formula is C18H22BrO2P. The minimum Gasteiger partial charge on any atom is -0.496 e. The van der Waals surface area contributed by atoms with Crippen molar-refractivity contribution >= 4 is 32.7 Å². The molecule has 0 heterocycles. The van der Waals surface area contributed by atoms with Gasteiger partial charge in [-0.05, 0) is 100 Å². The van der Waals surface area contributed by atoms with Crippen LogP contribution in [0.3, 0.4) is 0 Å². The Labute approximate surface area is 142 Å². The van der Waals surface area contributed by atoms with Gasteiger partial charge in [-0.15, -0.1) is 0 Å². The van der Waals surface area contributed by atoms with Crippen molar-refractivity contribution in [1.29, 1.82) is 0 Å². The second-order valence-corrected chi connectivity index (χ2v) is 9.23. The molecule has 0 aliphatic rings. The molecule has 118 valence electrons. The first-order valence-corrected chi connectivity index (χ1v) is 10.5. The van der Waals surface area contributed by atoms with Crippen molar-refractivity contribution in [2.75, 3.05) is 14.2 Å². The predicted molar refractivity (Wildman–Crippen MR) is 100 cm³/mol. The van der Waals surface area contributed by atoms with Crippen molar-refractivity contribution in [2.45, 2.75) is 27.7 Å². The zero-order chi connectivity index (χ0) is 16.4. The fraction of sp³-hybridized carbons (Fsp3) is 0.333. The van der Waals surface area contributed by atoms with Crippen LogP contribution in [0.1, 0.15) is 22.3 Å². The van der Waals surface area contributed by atoms with Crippen molar-refractivity contribution in [1.82, 2.24) is 0 Å². The van der Waals surface area contributed by atoms with Crippen molar-refractivity contribution in [3.8, 4) is 11.5 Å². The lowest BCUT2D eigenvalue weighted by Gasteiger charge is -2.18. The third-order valence-electron chi connectivity index (χ3n) is 3.75. The van der Waals surface area contributed by atoms with Crippen LogP contribution in [-0.4, -0.2) is 14.2 Å². The number of hydrogen-bond donors (Lipinski definition) is 0. The fourth-order valence-corrected chi connectivity index (χ4v) is 5.63. The van der Waals surface area contributed by atoms with Gasteiger partial charge in [-0.2, -0.15) is 0 Å². The summed E-state index contributed by atoms with van der Waals surface area (Å²) in [5.74, 6) is 1.95. The molecule has 4 heteroatoms. The molecule has 2 aromatic rings. The summed E-state index contributed by atoms with van der Waals surface area (Å²) in [4.78, 5) is 0. The third kappa shape index (κ3) is 3.31. The van der Waals surface area contributed by atoms with Gasteiger partial charge in [-0.3, -0.25) is 0 Å². The Morgan fingerprint density at radius 1 is 0.682 bits per heavy atom. The second-order valence-electron chi connectivity index (χ2n) is 5.51. The SMILES string of the molecule is COc1c(C)cc(P(Br)c2cc(C)c(OC)c(C)c2)cc1C. The Morgan fingerprint density at radius 3 is 1.18 bits per heavy atom. The van der Waals surface area contributed by atoms with Gasteiger partial charge in [-0.25, -0.2) is 0 Å². The number of aryl methyl sites for hydroxylation is 4. The molecule has 0 spiro atoms. The molecule has 0 radical (unpaired) electrons. The highest BCUT2D eigenvalue weighted by atomic mass is 79.9. The van der Waals surface area contributed by atoms with Crippen LogP contribution in [-0.2, 0) is 0 Å². The van der Waals surface area contributed by atoms with Crippen LogP contribution in [0, 0.1) is 27.7 Å². The summed E-state index contributed by atoms with van der Waals surface area (Å²) < 4.78 is 10.9. The number of benzene rings is 2. The molecule has 0 aliphatic heterocycles. The standard InChI is InChI=1S/C18H22BrO2P/c1-11-7-15(8-12(2)17(11)20-5)22(19)16-9-13(3)18(21-6)14(4)10-16/h7-10H,1-6H3. The van der Waals surface area contributed by atoms with Crippen LogP contribution in [0.5, 0.6) is 11.5 Å². The Balaban J connectivity index is 2.46. The van der Waals surface area contributed by atoms with Crippen LogP contribution in [0.4, 0.5) is 0 Å². The molecule has 0 saturated carbocycles. The van der Waals surface area contributed by atoms with Crippen molar-refractivity contribution < 1.29 is 9.47 Å². The van der Waals surface area contributed by atoms with Crippen molar-refractivity contribution in [2.24, 2.45) is 0 Å². The summed E-state index contributed by atoms with van der Waals surface area (Å²) in [5, 5.41) is 2.60. The molecule has 0 atom stereocenters. The topological polar surface area (TPSA) is 18.5 Å². The quantitative estimate of drug-likeness (QED) is 0.716. The van der Waals surface area contributed by atoms with Gasteiger partial charge in [0.05, 0.1) is 14.2 Å². The van der Waals surface area contributed by atoms with Crippen LogP contribution >= 0.6 is 22.1 Å². The summed E-state index contributed by atoms with van der Waals surface area (Å²) in [6.45, 7) is 7.80. The molecule has 2 rings (SSSR count). The molecule has 2 aromatic carbocycles. The van der Waals surface area contributed by atoms with Crippen LogP contribution < -0.4 is 20.1 Å². The molecule has 0 saturated heterocycles. The molecule has 0 aromatic heterocycles. The molecule has 0 aliphatic carbocycles. The molecule has 2 nitrogen and oxygen atoms in total. The average molecular weight is 381 g/mol. The first-order valence-electron chi connectivity index (χ1n) is 7.15. The van der Waals surface area contributed by atoms with E-state index in [0.717, 1.165) is 11.5 Å². The van der Waals surface area contributed by atoms with E-state index in [1.165, 1.54) is 32.9 Å². The second kappa shape index (κ2) is 7.02. The number of hydrogen-bond acceptors (Lipinski definition) is 2. The maximum absolute atomic E-state index is 5.46. The van der Waals surface area contributed by atoms with Gasteiger partial charge in [0.1, 0.15) is 11.5 Å². The average Bonchev–Trinajstić information content (AvgIpc) is 2.45. The Kier molecular flexibility index (Phi) is 5.52. The summed E-state index contributed by atoms with van der Waals surface area (Å²) in [5.41, 5.74) is 4.69. The number of methoxy groups -OCH3 is 2. The van der Waals surface area contributed by atoms with E-state index < -0.39 is 6.62 Å². The zero-order valence-corrected chi connectivity index (χ0v) is 16.4. The molecule has 0 bridgehead atoms. The summed E-state index contributed by atoms with van der Waals surface area (Å²) >= 11 is 3.91. The number of rotatable bonds is 4. The Morgan fingerprint density at radius 2 is 0.955 bits per heavy atom. The van der Waals surface area contributed by atoms with E-state index in [-0.39, 0.29) is 0 Å². The van der Waals surface area contributed by atoms with Gasteiger partial charge < -0.3 is 9.47 Å². The van der Waals surface area contributed by atoms with E-state index in [4.69, 9.17) is 9.47 Å². The van der Waals surface area contributed by atoms with Gasteiger partial charge in [0.25, 0.3) is 0 Å². The lowest BCUT2D eigenvalue weighted by atomic mass is 10.1. The van der Waals surface area contributed by atoms with Crippen LogP contribution in [0.25, 0.3) is 0 Å². The molecule has 0 N–H and O–H groups in total. The highest BCUT2D eigenvalue weighted by molar-refractivity contribution is 9.40. The molecular weight excluding hydrogens is 359 g/mol. The lowest BCUT2D eigenvalue weighted by molar-refractivity contribution is 0.408. The third-order valence-corrected chi connectivity index (χ3v) is 7.63. The first kappa shape index (κ1) is 17.3. The summed E-state index contributed by atoms with van der Waals surface area (Å²) in [7, 11) is 3.45. The van der Waals surface area contributed by atoms with E-state index in [1.54, 1.807) is 14.2 Å². The molecule has 22 heavy (non-hydrogen) atoms. The van der Waals surface area contributed by atoms with Crippen molar-refractivity contribution in [3.05, 3.63) is 46.5 Å². The first-order chi connectivity index (χ1) is 10.4. The van der Waals surface area contributed by atoms with Gasteiger partial charge in [0.2, 0.25) is 0 Å². The monoisotopic (exact) mass is 380 g/mol. The summed E-state index contributed by atoms with van der Waals surface area (Å²) in [6.07, 6.45) is 0. The minimum absolute atomic E-state index is 0.569. The number of ether oxygens (including phenoxy) is 2. The smallest absolute Gasteiger partial charge is 0.124 e. The van der Waals surface area contributed by atoms with Gasteiger partial charge in [0, 0.05) is 6.62 Å². The minimum atomic E-state index is -0.569. The molecule has 0 fully saturated rings. The van der Waals surface area contributed by atoms with Gasteiger partial charge in [0.15, 0.2) is 0 Å². The lowest BCUT2D eigenvalue weighted by Crippen LogP contribution is -2.11. The number of halogens is 1. The van der Waals surface area contributed by atoms with Gasteiger partial charge >= 0.3 is 0 Å². The van der Waals surface area contributed by atoms with E-state index in [9.17, 15) is 0 Å². The molecule has 0 unspecified atom stereocenters.